The van der Waals surface area contributed by atoms with Crippen molar-refractivity contribution in [1.82, 2.24) is 4.57 Å². The van der Waals surface area contributed by atoms with Crippen molar-refractivity contribution in [1.29, 1.82) is 0 Å². The van der Waals surface area contributed by atoms with E-state index in [1.54, 1.807) is 11.5 Å². The summed E-state index contributed by atoms with van der Waals surface area (Å²) in [6.07, 6.45) is 0. The summed E-state index contributed by atoms with van der Waals surface area (Å²) in [5.74, 6) is 0.0506. The molecule has 0 amide bonds. The minimum absolute atomic E-state index is 0.0506. The van der Waals surface area contributed by atoms with Gasteiger partial charge in [0.25, 0.3) is 5.56 Å². The Morgan fingerprint density at radius 2 is 1.75 bits per heavy atom. The summed E-state index contributed by atoms with van der Waals surface area (Å²) >= 11 is 0. The highest BCUT2D eigenvalue weighted by Crippen LogP contribution is 2.18. The van der Waals surface area contributed by atoms with E-state index in [1.165, 1.54) is 6.07 Å². The van der Waals surface area contributed by atoms with Gasteiger partial charge in [-0.25, -0.2) is 0 Å². The van der Waals surface area contributed by atoms with Crippen LogP contribution in [-0.2, 0) is 0 Å². The number of hydrogen-bond acceptors (Lipinski definition) is 2. The zero-order valence-corrected chi connectivity index (χ0v) is 9.27. The molecular formula is C13H13NO2. The fourth-order valence-electron chi connectivity index (χ4n) is 1.71. The van der Waals surface area contributed by atoms with Gasteiger partial charge in [0.05, 0.1) is 0 Å². The molecule has 0 spiro atoms. The molecule has 0 radical (unpaired) electrons. The number of hydrogen-bond donors (Lipinski definition) is 1. The van der Waals surface area contributed by atoms with Gasteiger partial charge in [-0.1, -0.05) is 18.2 Å². The van der Waals surface area contributed by atoms with Crippen LogP contribution in [0.3, 0.4) is 0 Å². The SMILES string of the molecule is Cc1c(O)cc(=O)n(-c2ccccc2)c1C. The molecule has 0 unspecified atom stereocenters. The van der Waals surface area contributed by atoms with Gasteiger partial charge < -0.3 is 5.11 Å². The van der Waals surface area contributed by atoms with Crippen molar-refractivity contribution in [3.63, 3.8) is 0 Å². The standard InChI is InChI=1S/C13H13NO2/c1-9-10(2)14(13(16)8-12(9)15)11-6-4-3-5-7-11/h3-8,15H,1-2H3. The highest BCUT2D eigenvalue weighted by Gasteiger charge is 2.09. The summed E-state index contributed by atoms with van der Waals surface area (Å²) in [6, 6.07) is 10.6. The average Bonchev–Trinajstić information content (AvgIpc) is 2.28. The molecule has 2 rings (SSSR count). The third-order valence-corrected chi connectivity index (χ3v) is 2.76. The van der Waals surface area contributed by atoms with E-state index in [1.807, 2.05) is 37.3 Å². The van der Waals surface area contributed by atoms with Crippen molar-refractivity contribution in [2.45, 2.75) is 13.8 Å². The van der Waals surface area contributed by atoms with E-state index in [2.05, 4.69) is 0 Å². The molecule has 0 aliphatic rings. The molecule has 2 aromatic rings. The van der Waals surface area contributed by atoms with Crippen LogP contribution in [0.1, 0.15) is 11.3 Å². The minimum Gasteiger partial charge on any atom is -0.507 e. The largest absolute Gasteiger partial charge is 0.507 e. The first-order chi connectivity index (χ1) is 7.61. The Balaban J connectivity index is 2.76. The molecule has 3 nitrogen and oxygen atoms in total. The molecule has 0 atom stereocenters. The van der Waals surface area contributed by atoms with E-state index in [9.17, 15) is 9.90 Å². The molecule has 82 valence electrons. The van der Waals surface area contributed by atoms with Gasteiger partial charge in [-0.3, -0.25) is 9.36 Å². The summed E-state index contributed by atoms with van der Waals surface area (Å²) in [5, 5.41) is 9.54. The summed E-state index contributed by atoms with van der Waals surface area (Å²) in [6.45, 7) is 3.62. The van der Waals surface area contributed by atoms with Gasteiger partial charge in [-0.2, -0.15) is 0 Å². The predicted molar refractivity (Wildman–Crippen MR) is 63.2 cm³/mol. The Morgan fingerprint density at radius 3 is 2.38 bits per heavy atom. The molecule has 16 heavy (non-hydrogen) atoms. The fraction of sp³-hybridized carbons (Fsp3) is 0.154. The van der Waals surface area contributed by atoms with Crippen LogP contribution in [0.2, 0.25) is 0 Å². The number of nitrogens with zero attached hydrogens (tertiary/aromatic N) is 1. The van der Waals surface area contributed by atoms with Crippen LogP contribution in [0.15, 0.2) is 41.2 Å². The van der Waals surface area contributed by atoms with Gasteiger partial charge in [0.1, 0.15) is 5.75 Å². The second-order valence-corrected chi connectivity index (χ2v) is 3.75. The molecule has 0 aliphatic heterocycles. The number of aromatic nitrogens is 1. The van der Waals surface area contributed by atoms with Crippen LogP contribution < -0.4 is 5.56 Å². The number of pyridine rings is 1. The molecular weight excluding hydrogens is 202 g/mol. The zero-order chi connectivity index (χ0) is 11.7. The Hall–Kier alpha value is -2.03. The second kappa shape index (κ2) is 3.85. The van der Waals surface area contributed by atoms with E-state index in [4.69, 9.17) is 0 Å². The van der Waals surface area contributed by atoms with E-state index >= 15 is 0 Å². The molecule has 0 fully saturated rings. The third kappa shape index (κ3) is 1.60. The average molecular weight is 215 g/mol. The van der Waals surface area contributed by atoms with Crippen LogP contribution in [0, 0.1) is 13.8 Å². The number of para-hydroxylation sites is 1. The summed E-state index contributed by atoms with van der Waals surface area (Å²) < 4.78 is 1.59. The van der Waals surface area contributed by atoms with Crippen molar-refractivity contribution < 1.29 is 5.11 Å². The quantitative estimate of drug-likeness (QED) is 0.792. The van der Waals surface area contributed by atoms with Gasteiger partial charge in [0, 0.05) is 23.0 Å². The first-order valence-corrected chi connectivity index (χ1v) is 5.09. The predicted octanol–water partition coefficient (Wildman–Crippen LogP) is 2.16. The Bertz CT molecular complexity index is 570. The highest BCUT2D eigenvalue weighted by atomic mass is 16.3. The lowest BCUT2D eigenvalue weighted by Crippen LogP contribution is -2.20. The maximum Gasteiger partial charge on any atom is 0.259 e. The number of benzene rings is 1. The van der Waals surface area contributed by atoms with Crippen LogP contribution in [0.5, 0.6) is 5.75 Å². The fourth-order valence-corrected chi connectivity index (χ4v) is 1.71. The molecule has 3 heteroatoms. The van der Waals surface area contributed by atoms with Gasteiger partial charge in [-0.15, -0.1) is 0 Å². The summed E-state index contributed by atoms with van der Waals surface area (Å²) in [4.78, 5) is 11.8. The van der Waals surface area contributed by atoms with Crippen molar-refractivity contribution in [3.8, 4) is 11.4 Å². The molecule has 1 aromatic heterocycles. The Kier molecular flexibility index (Phi) is 2.52. The zero-order valence-electron chi connectivity index (χ0n) is 9.27. The van der Waals surface area contributed by atoms with Crippen LogP contribution in [-0.4, -0.2) is 9.67 Å². The van der Waals surface area contributed by atoms with Gasteiger partial charge >= 0.3 is 0 Å². The monoisotopic (exact) mass is 215 g/mol. The van der Waals surface area contributed by atoms with Crippen LogP contribution in [0.4, 0.5) is 0 Å². The molecule has 0 saturated heterocycles. The minimum atomic E-state index is -0.216. The molecule has 1 N–H and O–H groups in total. The smallest absolute Gasteiger partial charge is 0.259 e. The maximum atomic E-state index is 11.8. The Labute approximate surface area is 93.6 Å². The van der Waals surface area contributed by atoms with Crippen LogP contribution >= 0.6 is 0 Å². The third-order valence-electron chi connectivity index (χ3n) is 2.76. The molecule has 1 heterocycles. The number of aromatic hydroxyl groups is 1. The lowest BCUT2D eigenvalue weighted by Gasteiger charge is -2.12. The molecule has 0 bridgehead atoms. The maximum absolute atomic E-state index is 11.8. The van der Waals surface area contributed by atoms with Crippen molar-refractivity contribution in [2.24, 2.45) is 0 Å². The lowest BCUT2D eigenvalue weighted by molar-refractivity contribution is 0.467. The summed E-state index contributed by atoms with van der Waals surface area (Å²) in [5.41, 5.74) is 2.08. The van der Waals surface area contributed by atoms with Crippen molar-refractivity contribution in [2.75, 3.05) is 0 Å². The molecule has 0 aliphatic carbocycles. The Morgan fingerprint density at radius 1 is 1.12 bits per heavy atom. The first kappa shape index (κ1) is 10.5. The second-order valence-electron chi connectivity index (χ2n) is 3.75. The lowest BCUT2D eigenvalue weighted by atomic mass is 10.2. The van der Waals surface area contributed by atoms with E-state index in [0.717, 1.165) is 16.9 Å². The van der Waals surface area contributed by atoms with E-state index in [-0.39, 0.29) is 11.3 Å². The van der Waals surface area contributed by atoms with Crippen molar-refractivity contribution >= 4 is 0 Å². The van der Waals surface area contributed by atoms with E-state index in [0.29, 0.717) is 0 Å². The van der Waals surface area contributed by atoms with E-state index < -0.39 is 0 Å². The number of rotatable bonds is 1. The summed E-state index contributed by atoms with van der Waals surface area (Å²) in [7, 11) is 0. The van der Waals surface area contributed by atoms with Gasteiger partial charge in [0.2, 0.25) is 0 Å². The normalized spacial score (nSPS) is 10.4. The van der Waals surface area contributed by atoms with Crippen molar-refractivity contribution in [3.05, 3.63) is 58.0 Å². The molecule has 1 aromatic carbocycles. The van der Waals surface area contributed by atoms with Gasteiger partial charge in [0.15, 0.2) is 0 Å². The first-order valence-electron chi connectivity index (χ1n) is 5.09. The topological polar surface area (TPSA) is 42.2 Å². The van der Waals surface area contributed by atoms with Crippen LogP contribution in [0.25, 0.3) is 5.69 Å². The molecule has 0 saturated carbocycles. The van der Waals surface area contributed by atoms with Gasteiger partial charge in [-0.05, 0) is 26.0 Å². The highest BCUT2D eigenvalue weighted by molar-refractivity contribution is 5.41.